The number of hydrogen-bond donors (Lipinski definition) is 0. The lowest BCUT2D eigenvalue weighted by Crippen LogP contribution is -2.54. The minimum absolute atomic E-state index is 0.0393. The monoisotopic (exact) mass is 581 g/mol. The van der Waals surface area contributed by atoms with Crippen LogP contribution in [0.3, 0.4) is 0 Å². The minimum atomic E-state index is -3.74. The van der Waals surface area contributed by atoms with E-state index in [-0.39, 0.29) is 35.5 Å². The van der Waals surface area contributed by atoms with Gasteiger partial charge >= 0.3 is 6.09 Å². The lowest BCUT2D eigenvalue weighted by Gasteiger charge is -2.44. The lowest BCUT2D eigenvalue weighted by atomic mass is 9.96. The molecule has 4 aliphatic heterocycles. The van der Waals surface area contributed by atoms with Gasteiger partial charge in [0.2, 0.25) is 10.0 Å². The Balaban J connectivity index is 1.04. The van der Waals surface area contributed by atoms with E-state index >= 15 is 0 Å². The maximum Gasteiger partial charge on any atom is 0.409 e. The molecule has 0 N–H and O–H groups in total. The van der Waals surface area contributed by atoms with E-state index in [2.05, 4.69) is 4.90 Å². The van der Waals surface area contributed by atoms with Gasteiger partial charge in [0.25, 0.3) is 0 Å². The van der Waals surface area contributed by atoms with Crippen molar-refractivity contribution in [1.29, 1.82) is 0 Å². The van der Waals surface area contributed by atoms with Gasteiger partial charge in [0, 0.05) is 56.1 Å². The first-order valence-corrected chi connectivity index (χ1v) is 16.4. The molecule has 0 radical (unpaired) electrons. The van der Waals surface area contributed by atoms with E-state index in [9.17, 15) is 13.2 Å². The third-order valence-corrected chi connectivity index (χ3v) is 11.5. The minimum Gasteiger partial charge on any atom is -0.448 e. The Morgan fingerprint density at radius 2 is 1.62 bits per heavy atom. The van der Waals surface area contributed by atoms with Gasteiger partial charge in [-0.25, -0.2) is 13.2 Å². The van der Waals surface area contributed by atoms with Crippen LogP contribution in [0.2, 0.25) is 5.02 Å². The molecule has 1 aromatic rings. The van der Waals surface area contributed by atoms with E-state index in [1.54, 1.807) is 33.5 Å². The van der Waals surface area contributed by atoms with Crippen molar-refractivity contribution in [3.05, 3.63) is 29.3 Å². The second-order valence-electron chi connectivity index (χ2n) is 11.7. The molecule has 0 aromatic heterocycles. The van der Waals surface area contributed by atoms with Crippen molar-refractivity contribution < 1.29 is 27.4 Å². The molecule has 0 bridgehead atoms. The quantitative estimate of drug-likeness (QED) is 0.500. The highest BCUT2D eigenvalue weighted by Crippen LogP contribution is 2.43. The van der Waals surface area contributed by atoms with E-state index in [1.807, 2.05) is 0 Å². The number of likely N-dealkylation sites (tertiary alicyclic amines) is 2. The summed E-state index contributed by atoms with van der Waals surface area (Å²) in [6.07, 6.45) is 7.86. The predicted molar refractivity (Wildman–Crippen MR) is 146 cm³/mol. The number of carbonyl (C=O) groups is 1. The third kappa shape index (κ3) is 5.97. The highest BCUT2D eigenvalue weighted by atomic mass is 35.5. The summed E-state index contributed by atoms with van der Waals surface area (Å²) in [4.78, 5) is 17.6. The van der Waals surface area contributed by atoms with Crippen molar-refractivity contribution in [2.24, 2.45) is 5.92 Å². The maximum atomic E-state index is 13.8. The first-order chi connectivity index (χ1) is 18.8. The molecule has 1 saturated carbocycles. The van der Waals surface area contributed by atoms with Gasteiger partial charge in [-0.3, -0.25) is 4.90 Å². The summed E-state index contributed by atoms with van der Waals surface area (Å²) >= 11 is 6.02. The summed E-state index contributed by atoms with van der Waals surface area (Å²) < 4.78 is 46.7. The fraction of sp³-hybridized carbons (Fsp3) is 0.750. The van der Waals surface area contributed by atoms with Gasteiger partial charge in [0.05, 0.1) is 24.2 Å². The molecule has 4 saturated heterocycles. The molecule has 39 heavy (non-hydrogen) atoms. The Labute approximate surface area is 236 Å². The molecule has 216 valence electrons. The van der Waals surface area contributed by atoms with Crippen LogP contribution < -0.4 is 0 Å². The SMILES string of the molecule is O=C(OC[C@H]1CCC[C@@H](C2CC2)N1S(=O)(=O)c1ccc(Cl)cc1)N1CCC(N2CCC3(CC2)OCCO3)CC1. The molecular formula is C28H40ClN3O6S. The van der Waals surface area contributed by atoms with Crippen LogP contribution in [0, 0.1) is 5.92 Å². The topological polar surface area (TPSA) is 88.6 Å². The van der Waals surface area contributed by atoms with Crippen LogP contribution in [-0.4, -0.2) is 98.5 Å². The van der Waals surface area contributed by atoms with Crippen molar-refractivity contribution in [2.45, 2.75) is 86.6 Å². The molecule has 11 heteroatoms. The van der Waals surface area contributed by atoms with Crippen LogP contribution in [0.15, 0.2) is 29.2 Å². The summed E-state index contributed by atoms with van der Waals surface area (Å²) in [6.45, 7) is 4.68. The summed E-state index contributed by atoms with van der Waals surface area (Å²) in [5.74, 6) is 0.0224. The molecule has 9 nitrogen and oxygen atoms in total. The summed E-state index contributed by atoms with van der Waals surface area (Å²) in [5, 5.41) is 0.502. The van der Waals surface area contributed by atoms with E-state index in [1.165, 1.54) is 0 Å². The van der Waals surface area contributed by atoms with E-state index in [0.717, 1.165) is 64.5 Å². The third-order valence-electron chi connectivity index (χ3n) is 9.29. The average molecular weight is 582 g/mol. The molecule has 1 spiro atoms. The molecule has 1 aromatic carbocycles. The Morgan fingerprint density at radius 3 is 2.26 bits per heavy atom. The van der Waals surface area contributed by atoms with E-state index in [4.69, 9.17) is 25.8 Å². The number of amides is 1. The number of nitrogens with zero attached hydrogens (tertiary/aromatic N) is 3. The summed E-state index contributed by atoms with van der Waals surface area (Å²) in [7, 11) is -3.74. The zero-order valence-corrected chi connectivity index (χ0v) is 24.1. The van der Waals surface area contributed by atoms with Crippen LogP contribution in [0.25, 0.3) is 0 Å². The van der Waals surface area contributed by atoms with Crippen LogP contribution in [0.1, 0.15) is 57.8 Å². The number of rotatable bonds is 6. The van der Waals surface area contributed by atoms with Gasteiger partial charge in [-0.1, -0.05) is 18.0 Å². The standard InChI is InChI=1S/C28H40ClN3O6S/c29-22-6-8-25(9-7-22)39(34,35)32-24(2-1-3-26(32)21-4-5-21)20-36-27(33)31-14-10-23(11-15-31)30-16-12-28(13-17-30)37-18-19-38-28/h6-9,21,23-24,26H,1-5,10-20H2/t24-,26+/m1/s1. The van der Waals surface area contributed by atoms with E-state index < -0.39 is 10.0 Å². The van der Waals surface area contributed by atoms with Crippen molar-refractivity contribution >= 4 is 27.7 Å². The molecule has 4 heterocycles. The number of sulfonamides is 1. The Hall–Kier alpha value is -1.43. The fourth-order valence-corrected chi connectivity index (χ4v) is 9.00. The fourth-order valence-electron chi connectivity index (χ4n) is 6.96. The van der Waals surface area contributed by atoms with Crippen LogP contribution >= 0.6 is 11.6 Å². The van der Waals surface area contributed by atoms with Crippen molar-refractivity contribution in [3.8, 4) is 0 Å². The molecule has 6 rings (SSSR count). The van der Waals surface area contributed by atoms with Gasteiger partial charge in [0.1, 0.15) is 6.61 Å². The first kappa shape index (κ1) is 27.7. The van der Waals surface area contributed by atoms with Crippen LogP contribution in [0.5, 0.6) is 0 Å². The number of benzene rings is 1. The first-order valence-electron chi connectivity index (χ1n) is 14.6. The van der Waals surface area contributed by atoms with Crippen molar-refractivity contribution in [1.82, 2.24) is 14.1 Å². The van der Waals surface area contributed by atoms with Gasteiger partial charge in [-0.2, -0.15) is 4.31 Å². The van der Waals surface area contributed by atoms with Gasteiger partial charge in [-0.05, 0) is 68.7 Å². The second kappa shape index (κ2) is 11.4. The number of carbonyl (C=O) groups excluding carboxylic acids is 1. The maximum absolute atomic E-state index is 13.8. The van der Waals surface area contributed by atoms with Crippen LogP contribution in [0.4, 0.5) is 4.79 Å². The van der Waals surface area contributed by atoms with Crippen LogP contribution in [-0.2, 0) is 24.2 Å². The van der Waals surface area contributed by atoms with E-state index in [0.29, 0.717) is 49.7 Å². The number of piperidine rings is 3. The Morgan fingerprint density at radius 1 is 0.949 bits per heavy atom. The molecule has 1 amide bonds. The lowest BCUT2D eigenvalue weighted by molar-refractivity contribution is -0.188. The molecule has 2 atom stereocenters. The summed E-state index contributed by atoms with van der Waals surface area (Å²) in [6, 6.07) is 6.42. The number of hydrogen-bond acceptors (Lipinski definition) is 7. The number of ether oxygens (including phenoxy) is 3. The zero-order chi connectivity index (χ0) is 27.0. The Bertz CT molecular complexity index is 1110. The highest BCUT2D eigenvalue weighted by molar-refractivity contribution is 7.89. The van der Waals surface area contributed by atoms with Gasteiger partial charge < -0.3 is 19.1 Å². The molecule has 1 aliphatic carbocycles. The van der Waals surface area contributed by atoms with Gasteiger partial charge in [-0.15, -0.1) is 0 Å². The molecule has 0 unspecified atom stereocenters. The molecule has 5 aliphatic rings. The number of halogens is 1. The normalized spacial score (nSPS) is 29.1. The zero-order valence-electron chi connectivity index (χ0n) is 22.5. The molecular weight excluding hydrogens is 542 g/mol. The summed E-state index contributed by atoms with van der Waals surface area (Å²) in [5.41, 5.74) is 0. The van der Waals surface area contributed by atoms with Crippen molar-refractivity contribution in [2.75, 3.05) is 46.0 Å². The van der Waals surface area contributed by atoms with Crippen molar-refractivity contribution in [3.63, 3.8) is 0 Å². The van der Waals surface area contributed by atoms with Gasteiger partial charge in [0.15, 0.2) is 5.79 Å². The second-order valence-corrected chi connectivity index (χ2v) is 14.0. The smallest absolute Gasteiger partial charge is 0.409 e. The highest BCUT2D eigenvalue weighted by Gasteiger charge is 2.47. The molecule has 5 fully saturated rings. The Kier molecular flexibility index (Phi) is 8.14. The average Bonchev–Trinajstić information content (AvgIpc) is 3.72. The largest absolute Gasteiger partial charge is 0.448 e. The predicted octanol–water partition coefficient (Wildman–Crippen LogP) is 4.10.